The lowest BCUT2D eigenvalue weighted by Crippen LogP contribution is -2.17. The number of hydrogen-bond acceptors (Lipinski definition) is 8. The molecule has 0 unspecified atom stereocenters. The molecule has 35 heavy (non-hydrogen) atoms. The predicted octanol–water partition coefficient (Wildman–Crippen LogP) is 4.27. The van der Waals surface area contributed by atoms with Crippen LogP contribution in [-0.4, -0.2) is 32.6 Å². The zero-order chi connectivity index (χ0) is 24.3. The lowest BCUT2D eigenvalue weighted by molar-refractivity contribution is 0.0439. The molecule has 0 aliphatic carbocycles. The number of ether oxygens (including phenoxy) is 3. The molecule has 2 heterocycles. The number of nitrogens with zero attached hydrogens (tertiary/aromatic N) is 1. The molecule has 10 heteroatoms. The molecule has 0 saturated carbocycles. The first-order chi connectivity index (χ1) is 17.0. The minimum atomic E-state index is -3.87. The van der Waals surface area contributed by atoms with Crippen molar-refractivity contribution in [3.8, 4) is 22.8 Å². The van der Waals surface area contributed by atoms with Crippen molar-refractivity contribution in [1.82, 2.24) is 4.98 Å². The van der Waals surface area contributed by atoms with Crippen LogP contribution in [-0.2, 0) is 21.4 Å². The normalized spacial score (nSPS) is 12.7. The van der Waals surface area contributed by atoms with Crippen molar-refractivity contribution in [2.75, 3.05) is 17.9 Å². The molecule has 4 aromatic rings. The van der Waals surface area contributed by atoms with E-state index in [1.807, 2.05) is 30.3 Å². The third-order valence-corrected chi connectivity index (χ3v) is 6.51. The average molecular weight is 493 g/mol. The summed E-state index contributed by atoms with van der Waals surface area (Å²) in [6, 6.07) is 19.7. The van der Waals surface area contributed by atoms with Gasteiger partial charge in [-0.05, 0) is 36.4 Å². The zero-order valence-electron chi connectivity index (χ0n) is 18.3. The van der Waals surface area contributed by atoms with Crippen LogP contribution in [0.3, 0.4) is 0 Å². The van der Waals surface area contributed by atoms with E-state index in [1.165, 1.54) is 36.4 Å². The first-order valence-corrected chi connectivity index (χ1v) is 12.2. The molecule has 0 saturated heterocycles. The van der Waals surface area contributed by atoms with Gasteiger partial charge in [0.15, 0.2) is 23.9 Å². The molecule has 1 aromatic heterocycles. The summed E-state index contributed by atoms with van der Waals surface area (Å²) in [5, 5.41) is 0. The van der Waals surface area contributed by atoms with E-state index in [0.717, 1.165) is 5.56 Å². The average Bonchev–Trinajstić information content (AvgIpc) is 3.37. The smallest absolute Gasteiger partial charge is 0.338 e. The Morgan fingerprint density at radius 3 is 2.46 bits per heavy atom. The number of sulfonamides is 1. The highest BCUT2D eigenvalue weighted by Crippen LogP contribution is 2.32. The van der Waals surface area contributed by atoms with Crippen molar-refractivity contribution in [3.05, 3.63) is 90.4 Å². The molecule has 0 radical (unpaired) electrons. The maximum atomic E-state index is 12.8. The molecule has 0 fully saturated rings. The van der Waals surface area contributed by atoms with Crippen LogP contribution >= 0.6 is 0 Å². The Balaban J connectivity index is 1.20. The minimum absolute atomic E-state index is 0.0334. The number of esters is 1. The number of carbonyl (C=O) groups excluding carboxylic acids is 1. The molecule has 1 aliphatic rings. The monoisotopic (exact) mass is 492 g/mol. The van der Waals surface area contributed by atoms with Gasteiger partial charge in [0.1, 0.15) is 13.2 Å². The van der Waals surface area contributed by atoms with Crippen LogP contribution in [0.2, 0.25) is 0 Å². The largest absolute Gasteiger partial charge is 0.486 e. The second-order valence-corrected chi connectivity index (χ2v) is 9.23. The molecular formula is C25H20N2O7S. The van der Waals surface area contributed by atoms with Gasteiger partial charge in [0.2, 0.25) is 5.89 Å². The first kappa shape index (κ1) is 22.5. The molecule has 178 valence electrons. The van der Waals surface area contributed by atoms with E-state index in [9.17, 15) is 13.2 Å². The maximum Gasteiger partial charge on any atom is 0.338 e. The Kier molecular flexibility index (Phi) is 6.11. The third-order valence-electron chi connectivity index (χ3n) is 5.14. The van der Waals surface area contributed by atoms with E-state index in [2.05, 4.69) is 9.71 Å². The first-order valence-electron chi connectivity index (χ1n) is 10.7. The number of oxazole rings is 1. The number of carbonyl (C=O) groups is 1. The van der Waals surface area contributed by atoms with Crippen LogP contribution in [0.15, 0.2) is 88.3 Å². The highest BCUT2D eigenvalue weighted by molar-refractivity contribution is 7.92. The SMILES string of the molecule is O=C(OCc1ncc(-c2ccccc2)o1)c1ccc(NS(=O)(=O)c2ccc3c(c2)OCCO3)cc1. The van der Waals surface area contributed by atoms with E-state index in [-0.39, 0.29) is 28.6 Å². The topological polar surface area (TPSA) is 117 Å². The summed E-state index contributed by atoms with van der Waals surface area (Å²) < 4.78 is 49.8. The number of benzene rings is 3. The van der Waals surface area contributed by atoms with E-state index in [1.54, 1.807) is 12.3 Å². The number of anilines is 1. The van der Waals surface area contributed by atoms with Gasteiger partial charge in [-0.3, -0.25) is 4.72 Å². The van der Waals surface area contributed by atoms with Gasteiger partial charge in [-0.2, -0.15) is 0 Å². The highest BCUT2D eigenvalue weighted by Gasteiger charge is 2.20. The molecule has 1 aliphatic heterocycles. The molecular weight excluding hydrogens is 472 g/mol. The van der Waals surface area contributed by atoms with Crippen LogP contribution < -0.4 is 14.2 Å². The second-order valence-electron chi connectivity index (χ2n) is 7.55. The molecule has 0 amide bonds. The number of nitrogens with one attached hydrogen (secondary N) is 1. The fraction of sp³-hybridized carbons (Fsp3) is 0.120. The van der Waals surface area contributed by atoms with Crippen LogP contribution in [0.4, 0.5) is 5.69 Å². The lowest BCUT2D eigenvalue weighted by atomic mass is 10.2. The molecule has 0 bridgehead atoms. The van der Waals surface area contributed by atoms with E-state index < -0.39 is 16.0 Å². The van der Waals surface area contributed by atoms with Gasteiger partial charge >= 0.3 is 5.97 Å². The summed E-state index contributed by atoms with van der Waals surface area (Å²) in [4.78, 5) is 16.6. The summed E-state index contributed by atoms with van der Waals surface area (Å²) in [6.45, 7) is 0.634. The van der Waals surface area contributed by atoms with Crippen molar-refractivity contribution in [1.29, 1.82) is 0 Å². The van der Waals surface area contributed by atoms with Crippen LogP contribution in [0.5, 0.6) is 11.5 Å². The van der Waals surface area contributed by atoms with Crippen molar-refractivity contribution in [2.24, 2.45) is 0 Å². The van der Waals surface area contributed by atoms with Gasteiger partial charge in [-0.1, -0.05) is 30.3 Å². The summed E-state index contributed by atoms with van der Waals surface area (Å²) >= 11 is 0. The number of aromatic nitrogens is 1. The Morgan fingerprint density at radius 1 is 0.943 bits per heavy atom. The Hall–Kier alpha value is -4.31. The molecule has 0 spiro atoms. The summed E-state index contributed by atoms with van der Waals surface area (Å²) in [5.41, 5.74) is 1.41. The Morgan fingerprint density at radius 2 is 1.69 bits per heavy atom. The van der Waals surface area contributed by atoms with Crippen molar-refractivity contribution in [3.63, 3.8) is 0 Å². The van der Waals surface area contributed by atoms with Crippen LogP contribution in [0.25, 0.3) is 11.3 Å². The van der Waals surface area contributed by atoms with E-state index >= 15 is 0 Å². The summed E-state index contributed by atoms with van der Waals surface area (Å²) in [6.07, 6.45) is 1.57. The van der Waals surface area contributed by atoms with E-state index in [0.29, 0.717) is 30.5 Å². The second kappa shape index (κ2) is 9.51. The van der Waals surface area contributed by atoms with Crippen LogP contribution in [0, 0.1) is 0 Å². The third kappa shape index (κ3) is 5.12. The number of fused-ring (bicyclic) bond motifs is 1. The zero-order valence-corrected chi connectivity index (χ0v) is 19.2. The fourth-order valence-corrected chi connectivity index (χ4v) is 4.48. The Labute approximate surface area is 201 Å². The number of hydrogen-bond donors (Lipinski definition) is 1. The molecule has 1 N–H and O–H groups in total. The summed E-state index contributed by atoms with van der Waals surface area (Å²) in [7, 11) is -3.87. The van der Waals surface area contributed by atoms with Gasteiger partial charge in [-0.25, -0.2) is 18.2 Å². The van der Waals surface area contributed by atoms with Crippen molar-refractivity contribution in [2.45, 2.75) is 11.5 Å². The van der Waals surface area contributed by atoms with Crippen molar-refractivity contribution < 1.29 is 31.8 Å². The quantitative estimate of drug-likeness (QED) is 0.380. The predicted molar refractivity (Wildman–Crippen MR) is 126 cm³/mol. The minimum Gasteiger partial charge on any atom is -0.486 e. The molecule has 5 rings (SSSR count). The lowest BCUT2D eigenvalue weighted by Gasteiger charge is -2.19. The van der Waals surface area contributed by atoms with Gasteiger partial charge in [0.05, 0.1) is 16.7 Å². The summed E-state index contributed by atoms with van der Waals surface area (Å²) in [5.74, 6) is 1.12. The number of rotatable bonds is 7. The Bertz CT molecular complexity index is 1450. The molecule has 3 aromatic carbocycles. The van der Waals surface area contributed by atoms with Gasteiger partial charge in [-0.15, -0.1) is 0 Å². The molecule has 0 atom stereocenters. The van der Waals surface area contributed by atoms with Gasteiger partial charge in [0, 0.05) is 17.3 Å². The standard InChI is InChI=1S/C25H20N2O7S/c28-25(33-16-24-26-15-23(34-24)17-4-2-1-3-5-17)18-6-8-19(9-7-18)27-35(29,30)20-10-11-21-22(14-20)32-13-12-31-21/h1-11,14-15,27H,12-13,16H2. The van der Waals surface area contributed by atoms with Crippen LogP contribution in [0.1, 0.15) is 16.2 Å². The van der Waals surface area contributed by atoms with Crippen molar-refractivity contribution >= 4 is 21.7 Å². The highest BCUT2D eigenvalue weighted by atomic mass is 32.2. The fourth-order valence-electron chi connectivity index (χ4n) is 3.40. The molecule has 9 nitrogen and oxygen atoms in total. The van der Waals surface area contributed by atoms with Gasteiger partial charge < -0.3 is 18.6 Å². The van der Waals surface area contributed by atoms with E-state index in [4.69, 9.17) is 18.6 Å². The maximum absolute atomic E-state index is 12.8. The van der Waals surface area contributed by atoms with Gasteiger partial charge in [0.25, 0.3) is 10.0 Å².